The Morgan fingerprint density at radius 2 is 1.64 bits per heavy atom. The lowest BCUT2D eigenvalue weighted by atomic mass is 10.2. The van der Waals surface area contributed by atoms with Gasteiger partial charge in [-0.2, -0.15) is 0 Å². The molecule has 132 valence electrons. The summed E-state index contributed by atoms with van der Waals surface area (Å²) >= 11 is 0. The molecule has 0 unspecified atom stereocenters. The Kier molecular flexibility index (Phi) is 5.87. The normalized spacial score (nSPS) is 11.0. The zero-order chi connectivity index (χ0) is 18.4. The molecular weight excluding hydrogens is 349 g/mol. The molecule has 0 saturated carbocycles. The highest BCUT2D eigenvalue weighted by molar-refractivity contribution is 7.92. The minimum Gasteiger partial charge on any atom is -0.462 e. The Bertz CT molecular complexity index is 861. The highest BCUT2D eigenvalue weighted by Gasteiger charge is 2.19. The van der Waals surface area contributed by atoms with Crippen molar-refractivity contribution in [3.8, 4) is 0 Å². The van der Waals surface area contributed by atoms with Crippen molar-refractivity contribution in [3.63, 3.8) is 0 Å². The number of anilines is 1. The minimum atomic E-state index is -3.88. The van der Waals surface area contributed by atoms with Gasteiger partial charge in [0.05, 0.1) is 17.1 Å². The number of halogens is 1. The van der Waals surface area contributed by atoms with Crippen LogP contribution in [0.4, 0.5) is 10.1 Å². The van der Waals surface area contributed by atoms with Crippen molar-refractivity contribution in [1.82, 2.24) is 0 Å². The zero-order valence-corrected chi connectivity index (χ0v) is 14.2. The van der Waals surface area contributed by atoms with Gasteiger partial charge in [0.2, 0.25) is 5.91 Å². The van der Waals surface area contributed by atoms with Crippen molar-refractivity contribution in [2.75, 3.05) is 17.7 Å². The van der Waals surface area contributed by atoms with Crippen LogP contribution < -0.4 is 5.32 Å². The van der Waals surface area contributed by atoms with E-state index in [1.807, 2.05) is 0 Å². The van der Waals surface area contributed by atoms with Crippen LogP contribution in [0.15, 0.2) is 53.4 Å². The Labute approximate surface area is 144 Å². The van der Waals surface area contributed by atoms with Gasteiger partial charge >= 0.3 is 5.97 Å². The molecule has 2 rings (SSSR count). The molecule has 1 amide bonds. The van der Waals surface area contributed by atoms with E-state index in [0.29, 0.717) is 11.3 Å². The summed E-state index contributed by atoms with van der Waals surface area (Å²) < 4.78 is 41.9. The maximum atomic E-state index is 12.9. The number of sulfone groups is 1. The van der Waals surface area contributed by atoms with Crippen LogP contribution in [0.2, 0.25) is 0 Å². The Morgan fingerprint density at radius 1 is 1.04 bits per heavy atom. The van der Waals surface area contributed by atoms with Crippen molar-refractivity contribution >= 4 is 27.4 Å². The van der Waals surface area contributed by atoms with Gasteiger partial charge in [-0.25, -0.2) is 17.6 Å². The first-order chi connectivity index (χ1) is 11.8. The summed E-state index contributed by atoms with van der Waals surface area (Å²) in [5, 5.41) is 2.43. The molecule has 0 atom stereocenters. The van der Waals surface area contributed by atoms with E-state index in [4.69, 9.17) is 4.74 Å². The van der Waals surface area contributed by atoms with Gasteiger partial charge in [0.25, 0.3) is 0 Å². The number of ether oxygens (including phenoxy) is 1. The van der Waals surface area contributed by atoms with Crippen molar-refractivity contribution in [3.05, 3.63) is 59.9 Å². The topological polar surface area (TPSA) is 89.5 Å². The van der Waals surface area contributed by atoms with Crippen LogP contribution in [-0.2, 0) is 19.4 Å². The molecule has 0 heterocycles. The largest absolute Gasteiger partial charge is 0.462 e. The Morgan fingerprint density at radius 3 is 2.20 bits per heavy atom. The number of carbonyl (C=O) groups is 2. The second-order valence-electron chi connectivity index (χ2n) is 5.06. The lowest BCUT2D eigenvalue weighted by molar-refractivity contribution is -0.113. The summed E-state index contributed by atoms with van der Waals surface area (Å²) in [4.78, 5) is 23.3. The smallest absolute Gasteiger partial charge is 0.338 e. The number of amides is 1. The quantitative estimate of drug-likeness (QED) is 0.627. The van der Waals surface area contributed by atoms with E-state index in [1.54, 1.807) is 6.92 Å². The van der Waals surface area contributed by atoms with Gasteiger partial charge in [0, 0.05) is 5.69 Å². The van der Waals surface area contributed by atoms with E-state index in [0.717, 1.165) is 24.3 Å². The fourth-order valence-electron chi connectivity index (χ4n) is 2.00. The molecule has 2 aromatic carbocycles. The number of nitrogens with one attached hydrogen (secondary N) is 1. The average Bonchev–Trinajstić information content (AvgIpc) is 2.55. The summed E-state index contributed by atoms with van der Waals surface area (Å²) in [6.07, 6.45) is 0. The summed E-state index contributed by atoms with van der Waals surface area (Å²) in [6.45, 7) is 1.94. The molecule has 0 aromatic heterocycles. The molecule has 0 radical (unpaired) electrons. The van der Waals surface area contributed by atoms with Gasteiger partial charge in [-0.1, -0.05) is 0 Å². The van der Waals surface area contributed by atoms with Crippen LogP contribution >= 0.6 is 0 Å². The summed E-state index contributed by atoms with van der Waals surface area (Å²) in [5.74, 6) is -2.57. The predicted octanol–water partition coefficient (Wildman–Crippen LogP) is 2.41. The first-order valence-electron chi connectivity index (χ1n) is 7.37. The number of hydrogen-bond donors (Lipinski definition) is 1. The van der Waals surface area contributed by atoms with E-state index < -0.39 is 33.3 Å². The molecule has 1 N–H and O–H groups in total. The maximum absolute atomic E-state index is 12.9. The molecule has 0 aliphatic carbocycles. The highest BCUT2D eigenvalue weighted by Crippen LogP contribution is 2.14. The van der Waals surface area contributed by atoms with Gasteiger partial charge in [-0.05, 0) is 55.5 Å². The number of hydrogen-bond acceptors (Lipinski definition) is 5. The minimum absolute atomic E-state index is 0.137. The van der Waals surface area contributed by atoms with Crippen LogP contribution in [0.1, 0.15) is 17.3 Å². The molecular formula is C17H16FNO5S. The number of rotatable bonds is 6. The monoisotopic (exact) mass is 365 g/mol. The van der Waals surface area contributed by atoms with Crippen molar-refractivity contribution in [1.29, 1.82) is 0 Å². The fraction of sp³-hybridized carbons (Fsp3) is 0.176. The molecule has 0 bridgehead atoms. The molecule has 2 aromatic rings. The van der Waals surface area contributed by atoms with E-state index in [1.165, 1.54) is 24.3 Å². The summed E-state index contributed by atoms with van der Waals surface area (Å²) in [7, 11) is -3.88. The standard InChI is InChI=1S/C17H16FNO5S/c1-2-24-17(21)12-3-7-14(8-4-12)19-16(20)11-25(22,23)15-9-5-13(18)6-10-15/h3-10H,2,11H2,1H3,(H,19,20). The van der Waals surface area contributed by atoms with E-state index in [2.05, 4.69) is 5.32 Å². The van der Waals surface area contributed by atoms with Gasteiger partial charge < -0.3 is 10.1 Å². The third-order valence-electron chi connectivity index (χ3n) is 3.17. The maximum Gasteiger partial charge on any atom is 0.338 e. The van der Waals surface area contributed by atoms with Crippen LogP contribution in [0.3, 0.4) is 0 Å². The lowest BCUT2D eigenvalue weighted by Gasteiger charge is -2.07. The first kappa shape index (κ1) is 18.6. The molecule has 8 heteroatoms. The molecule has 0 spiro atoms. The summed E-state index contributed by atoms with van der Waals surface area (Å²) in [5.41, 5.74) is 0.658. The third kappa shape index (κ3) is 5.12. The number of benzene rings is 2. The van der Waals surface area contributed by atoms with Gasteiger partial charge in [-0.15, -0.1) is 0 Å². The molecule has 0 fully saturated rings. The SMILES string of the molecule is CCOC(=O)c1ccc(NC(=O)CS(=O)(=O)c2ccc(F)cc2)cc1. The van der Waals surface area contributed by atoms with Crippen LogP contribution in [0.5, 0.6) is 0 Å². The molecule has 0 aliphatic heterocycles. The molecule has 6 nitrogen and oxygen atoms in total. The molecule has 0 aliphatic rings. The highest BCUT2D eigenvalue weighted by atomic mass is 32.2. The zero-order valence-electron chi connectivity index (χ0n) is 13.4. The molecule has 25 heavy (non-hydrogen) atoms. The van der Waals surface area contributed by atoms with E-state index >= 15 is 0 Å². The lowest BCUT2D eigenvalue weighted by Crippen LogP contribution is -2.23. The second kappa shape index (κ2) is 7.89. The van der Waals surface area contributed by atoms with Gasteiger partial charge in [0.15, 0.2) is 9.84 Å². The predicted molar refractivity (Wildman–Crippen MR) is 89.5 cm³/mol. The van der Waals surface area contributed by atoms with Crippen molar-refractivity contribution < 1.29 is 27.1 Å². The van der Waals surface area contributed by atoms with E-state index in [-0.39, 0.29) is 11.5 Å². The first-order valence-corrected chi connectivity index (χ1v) is 9.02. The van der Waals surface area contributed by atoms with Crippen molar-refractivity contribution in [2.45, 2.75) is 11.8 Å². The number of esters is 1. The molecule has 0 saturated heterocycles. The third-order valence-corrected chi connectivity index (χ3v) is 4.81. The van der Waals surface area contributed by atoms with Crippen LogP contribution in [0, 0.1) is 5.82 Å². The Balaban J connectivity index is 2.02. The average molecular weight is 365 g/mol. The number of carbonyl (C=O) groups excluding carboxylic acids is 2. The second-order valence-corrected chi connectivity index (χ2v) is 7.05. The fourth-order valence-corrected chi connectivity index (χ4v) is 3.13. The van der Waals surface area contributed by atoms with Gasteiger partial charge in [-0.3, -0.25) is 4.79 Å². The summed E-state index contributed by atoms with van der Waals surface area (Å²) in [6, 6.07) is 10.1. The Hall–Kier alpha value is -2.74. The van der Waals surface area contributed by atoms with Crippen LogP contribution in [-0.4, -0.2) is 32.7 Å². The van der Waals surface area contributed by atoms with Gasteiger partial charge in [0.1, 0.15) is 11.6 Å². The van der Waals surface area contributed by atoms with Crippen molar-refractivity contribution in [2.24, 2.45) is 0 Å². The van der Waals surface area contributed by atoms with Crippen LogP contribution in [0.25, 0.3) is 0 Å². The van der Waals surface area contributed by atoms with E-state index in [9.17, 15) is 22.4 Å².